The van der Waals surface area contributed by atoms with Crippen molar-refractivity contribution >= 4 is 19.7 Å². The zero-order chi connectivity index (χ0) is 12.1. The van der Waals surface area contributed by atoms with Crippen LogP contribution in [0.15, 0.2) is 0 Å². The molecular weight excluding hydrogens is 262 g/mol. The lowest BCUT2D eigenvalue weighted by atomic mass is 9.63. The summed E-state index contributed by atoms with van der Waals surface area (Å²) in [5.41, 5.74) is 0.0540. The minimum atomic E-state index is -3.47. The topological polar surface area (TPSA) is 46.6 Å². The van der Waals surface area contributed by atoms with Gasteiger partial charge in [-0.3, -0.25) is 0 Å². The molecule has 4 saturated heterocycles. The Kier molecular flexibility index (Phi) is 2.93. The van der Waals surface area contributed by atoms with E-state index >= 15 is 0 Å². The van der Waals surface area contributed by atoms with E-state index in [9.17, 15) is 8.42 Å². The molecule has 0 aromatic rings. The molecule has 2 unspecified atom stereocenters. The maximum atomic E-state index is 11.3. The highest BCUT2D eigenvalue weighted by Crippen LogP contribution is 2.51. The van der Waals surface area contributed by atoms with Crippen molar-refractivity contribution in [3.63, 3.8) is 0 Å². The highest BCUT2D eigenvalue weighted by Gasteiger charge is 2.55. The van der Waals surface area contributed by atoms with Gasteiger partial charge in [0.05, 0.1) is 11.9 Å². The maximum Gasteiger partial charge on any atom is 0.235 e. The van der Waals surface area contributed by atoms with Gasteiger partial charge in [0.1, 0.15) is 0 Å². The van der Waals surface area contributed by atoms with Crippen molar-refractivity contribution in [2.45, 2.75) is 25.4 Å². The molecule has 0 N–H and O–H groups in total. The number of nitrogens with zero attached hydrogens (tertiary/aromatic N) is 1. The van der Waals surface area contributed by atoms with Crippen LogP contribution in [0.25, 0.3) is 0 Å². The fraction of sp³-hybridized carbons (Fsp3) is 1.00. The van der Waals surface area contributed by atoms with Crippen molar-refractivity contribution in [3.8, 4) is 0 Å². The average molecular weight is 280 g/mol. The predicted octanol–water partition coefficient (Wildman–Crippen LogP) is 1.06. The lowest BCUT2D eigenvalue weighted by molar-refractivity contribution is -0.0664. The Balaban J connectivity index is 1.85. The summed E-state index contributed by atoms with van der Waals surface area (Å²) in [5.74, 6) is 0.595. The van der Waals surface area contributed by atoms with Gasteiger partial charge < -0.3 is 9.64 Å². The second-order valence-corrected chi connectivity index (χ2v) is 8.42. The molecule has 0 aliphatic carbocycles. The summed E-state index contributed by atoms with van der Waals surface area (Å²) in [4.78, 5) is 2.45. The van der Waals surface area contributed by atoms with E-state index in [4.69, 9.17) is 15.4 Å². The molecule has 4 heterocycles. The van der Waals surface area contributed by atoms with Gasteiger partial charge >= 0.3 is 0 Å². The largest absolute Gasteiger partial charge is 0.376 e. The van der Waals surface area contributed by atoms with Gasteiger partial charge in [-0.15, -0.1) is 0 Å². The van der Waals surface area contributed by atoms with Crippen molar-refractivity contribution < 1.29 is 13.2 Å². The van der Waals surface area contributed by atoms with Gasteiger partial charge in [0.15, 0.2) is 0 Å². The average Bonchev–Trinajstić information content (AvgIpc) is 2.61. The molecule has 4 rings (SSSR count). The van der Waals surface area contributed by atoms with Gasteiger partial charge in [-0.2, -0.15) is 0 Å². The first kappa shape index (κ1) is 12.2. The molecule has 0 radical (unpaired) electrons. The van der Waals surface area contributed by atoms with E-state index < -0.39 is 9.05 Å². The Hall–Kier alpha value is 0.160. The monoisotopic (exact) mass is 279 g/mol. The lowest BCUT2D eigenvalue weighted by Gasteiger charge is -2.53. The van der Waals surface area contributed by atoms with Crippen LogP contribution in [0.2, 0.25) is 0 Å². The van der Waals surface area contributed by atoms with Crippen molar-refractivity contribution in [2.75, 3.05) is 32.0 Å². The second-order valence-electron chi connectivity index (χ2n) is 5.60. The normalized spacial score (nSPS) is 45.6. The zero-order valence-corrected chi connectivity index (χ0v) is 11.3. The summed E-state index contributed by atoms with van der Waals surface area (Å²) in [7, 11) is 1.93. The number of hydrogen-bond acceptors (Lipinski definition) is 4. The lowest BCUT2D eigenvalue weighted by Crippen LogP contribution is -2.58. The number of ether oxygens (including phenoxy) is 1. The van der Waals surface area contributed by atoms with Crippen LogP contribution in [0.1, 0.15) is 19.3 Å². The Morgan fingerprint density at radius 2 is 2.06 bits per heavy atom. The third-order valence-corrected chi connectivity index (χ3v) is 5.88. The number of rotatable bonds is 2. The van der Waals surface area contributed by atoms with Crippen LogP contribution in [0.5, 0.6) is 0 Å². The van der Waals surface area contributed by atoms with E-state index in [1.54, 1.807) is 0 Å². The van der Waals surface area contributed by atoms with Crippen molar-refractivity contribution in [2.24, 2.45) is 11.3 Å². The smallest absolute Gasteiger partial charge is 0.235 e. The molecule has 1 spiro atoms. The number of hydrogen-bond donors (Lipinski definition) is 0. The van der Waals surface area contributed by atoms with Crippen LogP contribution in [-0.4, -0.2) is 51.4 Å². The van der Waals surface area contributed by atoms with Crippen LogP contribution < -0.4 is 0 Å². The molecule has 4 aliphatic rings. The first-order valence-corrected chi connectivity index (χ1v) is 8.74. The van der Waals surface area contributed by atoms with Crippen molar-refractivity contribution in [3.05, 3.63) is 0 Å². The van der Waals surface area contributed by atoms with Gasteiger partial charge in [-0.25, -0.2) is 8.42 Å². The van der Waals surface area contributed by atoms with Crippen LogP contribution in [0, 0.1) is 11.3 Å². The molecule has 4 nitrogen and oxygen atoms in total. The van der Waals surface area contributed by atoms with Crippen LogP contribution in [-0.2, 0) is 13.8 Å². The summed E-state index contributed by atoms with van der Waals surface area (Å²) >= 11 is 0. The Bertz CT molecular complexity index is 405. The van der Waals surface area contributed by atoms with E-state index in [0.717, 1.165) is 26.1 Å². The Morgan fingerprint density at radius 3 is 2.59 bits per heavy atom. The Morgan fingerprint density at radius 1 is 1.35 bits per heavy atom. The van der Waals surface area contributed by atoms with E-state index in [2.05, 4.69) is 4.90 Å². The summed E-state index contributed by atoms with van der Waals surface area (Å²) in [6, 6.07) is 0. The van der Waals surface area contributed by atoms with E-state index in [1.165, 1.54) is 12.8 Å². The quantitative estimate of drug-likeness (QED) is 0.709. The highest BCUT2D eigenvalue weighted by atomic mass is 35.7. The molecule has 0 aromatic heterocycles. The van der Waals surface area contributed by atoms with Gasteiger partial charge in [0, 0.05) is 29.2 Å². The Labute approximate surface area is 107 Å². The molecular formula is C11H18ClNO3S. The molecule has 6 heteroatoms. The molecule has 17 heavy (non-hydrogen) atoms. The molecule has 98 valence electrons. The van der Waals surface area contributed by atoms with Gasteiger partial charge in [-0.1, -0.05) is 0 Å². The SMILES string of the molecule is O=S(=O)(Cl)CC1OCCC12CN1CCC2CC1. The molecule has 0 aromatic carbocycles. The first-order valence-electron chi connectivity index (χ1n) is 6.26. The van der Waals surface area contributed by atoms with Crippen LogP contribution in [0.3, 0.4) is 0 Å². The summed E-state index contributed by atoms with van der Waals surface area (Å²) in [6.07, 6.45) is 3.16. The highest BCUT2D eigenvalue weighted by molar-refractivity contribution is 8.13. The first-order chi connectivity index (χ1) is 8.00. The number of piperidine rings is 3. The molecule has 4 aliphatic heterocycles. The van der Waals surface area contributed by atoms with Crippen LogP contribution >= 0.6 is 10.7 Å². The number of halogens is 1. The van der Waals surface area contributed by atoms with Crippen molar-refractivity contribution in [1.29, 1.82) is 0 Å². The van der Waals surface area contributed by atoms with E-state index in [-0.39, 0.29) is 17.3 Å². The predicted molar refractivity (Wildman–Crippen MR) is 65.6 cm³/mol. The molecule has 0 amide bonds. The van der Waals surface area contributed by atoms with Crippen molar-refractivity contribution in [1.82, 2.24) is 4.90 Å². The summed E-state index contributed by atoms with van der Waals surface area (Å²) in [6.45, 7) is 4.00. The minimum absolute atomic E-state index is 0.0289. The van der Waals surface area contributed by atoms with Gasteiger partial charge in [0.25, 0.3) is 0 Å². The fourth-order valence-corrected chi connectivity index (χ4v) is 5.11. The third kappa shape index (κ3) is 2.11. The second kappa shape index (κ2) is 4.08. The van der Waals surface area contributed by atoms with Gasteiger partial charge in [0.2, 0.25) is 9.05 Å². The van der Waals surface area contributed by atoms with Gasteiger partial charge in [-0.05, 0) is 38.3 Å². The maximum absolute atomic E-state index is 11.3. The third-order valence-electron chi connectivity index (χ3n) is 4.80. The standard InChI is InChI=1S/C11H18ClNO3S/c12-17(14,15)7-10-11(3-6-16-10)8-13-4-1-9(11)2-5-13/h9-10H,1-8H2. The number of fused-ring (bicyclic) bond motifs is 2. The molecule has 2 atom stereocenters. The summed E-state index contributed by atoms with van der Waals surface area (Å²) in [5, 5.41) is 0. The molecule has 2 bridgehead atoms. The zero-order valence-electron chi connectivity index (χ0n) is 9.77. The minimum Gasteiger partial charge on any atom is -0.376 e. The van der Waals surface area contributed by atoms with E-state index in [0.29, 0.717) is 12.5 Å². The van der Waals surface area contributed by atoms with Crippen LogP contribution in [0.4, 0.5) is 0 Å². The molecule has 4 fully saturated rings. The molecule has 0 saturated carbocycles. The fourth-order valence-electron chi connectivity index (χ4n) is 3.97. The van der Waals surface area contributed by atoms with E-state index in [1.807, 2.05) is 0 Å². The summed E-state index contributed by atoms with van der Waals surface area (Å²) < 4.78 is 28.3.